The largest absolute Gasteiger partial charge is 0.436 e. The minimum absolute atomic E-state index is 0.595. The van der Waals surface area contributed by atoms with E-state index in [1.54, 1.807) is 6.20 Å². The first-order chi connectivity index (χ1) is 26.2. The highest BCUT2D eigenvalue weighted by Crippen LogP contribution is 2.39. The van der Waals surface area contributed by atoms with Gasteiger partial charge < -0.3 is 4.42 Å². The predicted molar refractivity (Wildman–Crippen MR) is 219 cm³/mol. The third kappa shape index (κ3) is 5.65. The summed E-state index contributed by atoms with van der Waals surface area (Å²) in [7, 11) is 0. The molecule has 10 rings (SSSR count). The summed E-state index contributed by atoms with van der Waals surface area (Å²) in [6.07, 6.45) is 3.70. The number of aromatic nitrogens is 2. The molecule has 0 atom stereocenters. The van der Waals surface area contributed by atoms with E-state index in [0.717, 1.165) is 55.6 Å². The molecule has 0 aliphatic heterocycles. The van der Waals surface area contributed by atoms with Gasteiger partial charge in [-0.3, -0.25) is 4.98 Å². The molecule has 248 valence electrons. The highest BCUT2D eigenvalue weighted by molar-refractivity contribution is 5.99. The lowest BCUT2D eigenvalue weighted by atomic mass is 9.94. The van der Waals surface area contributed by atoms with Crippen molar-refractivity contribution in [2.24, 2.45) is 0 Å². The monoisotopic (exact) mass is 676 g/mol. The molecule has 0 radical (unpaired) electrons. The Hall–Kier alpha value is -7.10. The maximum Gasteiger partial charge on any atom is 0.227 e. The van der Waals surface area contributed by atoms with Crippen molar-refractivity contribution in [3.8, 4) is 67.1 Å². The summed E-state index contributed by atoms with van der Waals surface area (Å²) in [5, 5.41) is 4.95. The molecule has 0 saturated carbocycles. The van der Waals surface area contributed by atoms with Gasteiger partial charge in [-0.2, -0.15) is 0 Å². The molecule has 0 aliphatic carbocycles. The number of hydrogen-bond acceptors (Lipinski definition) is 3. The van der Waals surface area contributed by atoms with Crippen LogP contribution in [0.1, 0.15) is 0 Å². The van der Waals surface area contributed by atoms with E-state index in [2.05, 4.69) is 181 Å². The minimum Gasteiger partial charge on any atom is -0.436 e. The maximum absolute atomic E-state index is 6.63. The van der Waals surface area contributed by atoms with Crippen molar-refractivity contribution in [3.63, 3.8) is 0 Å². The van der Waals surface area contributed by atoms with Gasteiger partial charge in [0.2, 0.25) is 5.89 Å². The van der Waals surface area contributed by atoms with Crippen molar-refractivity contribution in [2.45, 2.75) is 0 Å². The van der Waals surface area contributed by atoms with Gasteiger partial charge in [0.1, 0.15) is 5.52 Å². The van der Waals surface area contributed by atoms with Crippen molar-refractivity contribution in [2.75, 3.05) is 0 Å². The Morgan fingerprint density at radius 2 is 0.925 bits per heavy atom. The van der Waals surface area contributed by atoms with E-state index in [0.29, 0.717) is 5.89 Å². The second-order valence-electron chi connectivity index (χ2n) is 13.4. The molecule has 53 heavy (non-hydrogen) atoms. The Morgan fingerprint density at radius 3 is 1.58 bits per heavy atom. The zero-order chi connectivity index (χ0) is 35.1. The number of pyridine rings is 1. The molecule has 2 aromatic heterocycles. The second-order valence-corrected chi connectivity index (χ2v) is 13.4. The molecule has 0 unspecified atom stereocenters. The molecular weight excluding hydrogens is 645 g/mol. The summed E-state index contributed by atoms with van der Waals surface area (Å²) < 4.78 is 6.63. The van der Waals surface area contributed by atoms with Crippen molar-refractivity contribution in [1.29, 1.82) is 0 Å². The first-order valence-electron chi connectivity index (χ1n) is 17.9. The first kappa shape index (κ1) is 30.7. The van der Waals surface area contributed by atoms with Gasteiger partial charge >= 0.3 is 0 Å². The minimum atomic E-state index is 0.595. The van der Waals surface area contributed by atoms with Crippen LogP contribution in [0.15, 0.2) is 199 Å². The van der Waals surface area contributed by atoms with E-state index in [4.69, 9.17) is 9.40 Å². The molecule has 0 N–H and O–H groups in total. The van der Waals surface area contributed by atoms with Gasteiger partial charge in [-0.15, -0.1) is 0 Å². The lowest BCUT2D eigenvalue weighted by Crippen LogP contribution is -1.87. The quantitative estimate of drug-likeness (QED) is 0.176. The van der Waals surface area contributed by atoms with Gasteiger partial charge in [0.05, 0.1) is 0 Å². The Morgan fingerprint density at radius 1 is 0.358 bits per heavy atom. The second kappa shape index (κ2) is 12.9. The van der Waals surface area contributed by atoms with Crippen LogP contribution in [0.25, 0.3) is 99.7 Å². The molecule has 0 saturated heterocycles. The van der Waals surface area contributed by atoms with Crippen LogP contribution >= 0.6 is 0 Å². The van der Waals surface area contributed by atoms with Crippen molar-refractivity contribution in [3.05, 3.63) is 194 Å². The molecule has 8 aromatic carbocycles. The average molecular weight is 677 g/mol. The zero-order valence-corrected chi connectivity index (χ0v) is 28.8. The number of nitrogens with zero attached hydrogens (tertiary/aromatic N) is 2. The normalized spacial score (nSPS) is 11.4. The van der Waals surface area contributed by atoms with Crippen molar-refractivity contribution >= 4 is 32.6 Å². The van der Waals surface area contributed by atoms with E-state index in [9.17, 15) is 0 Å². The van der Waals surface area contributed by atoms with E-state index in [1.165, 1.54) is 38.2 Å². The van der Waals surface area contributed by atoms with Crippen molar-refractivity contribution in [1.82, 2.24) is 9.97 Å². The SMILES string of the molecule is c1cncc(-c2cccc(-c3cc(-c4ccc(-c5cccc6ccccc56)cc4)cc4oc(-c5ccc(-c6cccc7ccccc67)cc5)nc34)c2)c1. The smallest absolute Gasteiger partial charge is 0.227 e. The van der Waals surface area contributed by atoms with Gasteiger partial charge in [-0.1, -0.05) is 146 Å². The summed E-state index contributed by atoms with van der Waals surface area (Å²) in [6.45, 7) is 0. The Bertz CT molecular complexity index is 2910. The predicted octanol–water partition coefficient (Wildman–Crippen LogP) is 13.5. The number of rotatable bonds is 6. The maximum atomic E-state index is 6.63. The van der Waals surface area contributed by atoms with E-state index in [1.807, 2.05) is 12.3 Å². The van der Waals surface area contributed by atoms with E-state index in [-0.39, 0.29) is 0 Å². The van der Waals surface area contributed by atoms with Gasteiger partial charge in [0.25, 0.3) is 0 Å². The summed E-state index contributed by atoms with van der Waals surface area (Å²) >= 11 is 0. The van der Waals surface area contributed by atoms with Gasteiger partial charge in [-0.25, -0.2) is 4.98 Å². The standard InChI is InChI=1S/C50H32N2O/c1-3-16-43-34(9-1)11-6-18-45(43)36-22-20-33(21-23-36)42-30-47(40-14-5-13-39(29-40)41-15-8-28-51-32-41)49-48(31-42)53-50(52-49)38-26-24-37(25-27-38)46-19-7-12-35-10-2-4-17-44(35)46/h1-32H. The van der Waals surface area contributed by atoms with Gasteiger partial charge in [-0.05, 0) is 102 Å². The fourth-order valence-electron chi connectivity index (χ4n) is 7.53. The zero-order valence-electron chi connectivity index (χ0n) is 28.8. The highest BCUT2D eigenvalue weighted by Gasteiger charge is 2.17. The average Bonchev–Trinajstić information content (AvgIpc) is 3.68. The topological polar surface area (TPSA) is 38.9 Å². The number of oxazole rings is 1. The van der Waals surface area contributed by atoms with E-state index < -0.39 is 0 Å². The Balaban J connectivity index is 1.08. The summed E-state index contributed by atoms with van der Waals surface area (Å²) in [6, 6.07) is 64.4. The molecule has 3 heteroatoms. The molecule has 2 heterocycles. The molecule has 3 nitrogen and oxygen atoms in total. The van der Waals surface area contributed by atoms with Crippen LogP contribution in [0.5, 0.6) is 0 Å². The van der Waals surface area contributed by atoms with Crippen LogP contribution < -0.4 is 0 Å². The summed E-state index contributed by atoms with van der Waals surface area (Å²) in [5.74, 6) is 0.595. The Kier molecular flexibility index (Phi) is 7.47. The molecule has 0 fully saturated rings. The fourth-order valence-corrected chi connectivity index (χ4v) is 7.53. The number of benzene rings is 8. The fraction of sp³-hybridized carbons (Fsp3) is 0. The third-order valence-electron chi connectivity index (χ3n) is 10.2. The van der Waals surface area contributed by atoms with Crippen LogP contribution in [0.3, 0.4) is 0 Å². The molecule has 0 aliphatic rings. The lowest BCUT2D eigenvalue weighted by Gasteiger charge is -2.11. The molecule has 0 bridgehead atoms. The first-order valence-corrected chi connectivity index (χ1v) is 17.9. The molecule has 0 spiro atoms. The summed E-state index contributed by atoms with van der Waals surface area (Å²) in [4.78, 5) is 9.52. The lowest BCUT2D eigenvalue weighted by molar-refractivity contribution is 0.620. The number of hydrogen-bond donors (Lipinski definition) is 0. The van der Waals surface area contributed by atoms with Crippen LogP contribution in [-0.4, -0.2) is 9.97 Å². The Labute approximate surface area is 307 Å². The highest BCUT2D eigenvalue weighted by atomic mass is 16.3. The van der Waals surface area contributed by atoms with Gasteiger partial charge in [0, 0.05) is 29.1 Å². The van der Waals surface area contributed by atoms with Crippen LogP contribution in [0, 0.1) is 0 Å². The van der Waals surface area contributed by atoms with Crippen LogP contribution in [0.2, 0.25) is 0 Å². The van der Waals surface area contributed by atoms with Crippen molar-refractivity contribution < 1.29 is 4.42 Å². The molecule has 0 amide bonds. The van der Waals surface area contributed by atoms with Crippen LogP contribution in [-0.2, 0) is 0 Å². The van der Waals surface area contributed by atoms with Crippen LogP contribution in [0.4, 0.5) is 0 Å². The number of fused-ring (bicyclic) bond motifs is 3. The van der Waals surface area contributed by atoms with Gasteiger partial charge in [0.15, 0.2) is 5.58 Å². The molecule has 10 aromatic rings. The third-order valence-corrected chi connectivity index (χ3v) is 10.2. The van der Waals surface area contributed by atoms with E-state index >= 15 is 0 Å². The summed E-state index contributed by atoms with van der Waals surface area (Å²) in [5.41, 5.74) is 13.7. The molecular formula is C50H32N2O.